The molecule has 0 atom stereocenters. The van der Waals surface area contributed by atoms with Gasteiger partial charge in [-0.2, -0.15) is 0 Å². The highest BCUT2D eigenvalue weighted by molar-refractivity contribution is 5.67. The van der Waals surface area contributed by atoms with E-state index in [1.807, 2.05) is 12.1 Å². The summed E-state index contributed by atoms with van der Waals surface area (Å²) in [5.74, 6) is 0.629. The van der Waals surface area contributed by atoms with Crippen molar-refractivity contribution in [1.82, 2.24) is 4.90 Å². The van der Waals surface area contributed by atoms with Crippen molar-refractivity contribution >= 4 is 17.5 Å². The van der Waals surface area contributed by atoms with E-state index in [4.69, 9.17) is 20.9 Å². The highest BCUT2D eigenvalue weighted by atomic mass is 16.6. The van der Waals surface area contributed by atoms with E-state index in [0.717, 1.165) is 5.56 Å². The monoisotopic (exact) mass is 329 g/mol. The number of nitrogens with two attached hydrogens (primary N) is 2. The molecule has 2 aromatic carbocycles. The normalized spacial score (nSPS) is 10.5. The zero-order chi connectivity index (χ0) is 17.5. The first-order valence-corrected chi connectivity index (χ1v) is 7.72. The summed E-state index contributed by atoms with van der Waals surface area (Å²) in [7, 11) is 0. The van der Waals surface area contributed by atoms with Crippen LogP contribution in [0.2, 0.25) is 0 Å². The number of rotatable bonds is 6. The minimum atomic E-state index is -0.433. The Bertz CT molecular complexity index is 654. The Morgan fingerprint density at radius 2 is 1.54 bits per heavy atom. The van der Waals surface area contributed by atoms with Crippen molar-refractivity contribution in [3.05, 3.63) is 54.1 Å². The average Bonchev–Trinajstić information content (AvgIpc) is 2.54. The molecule has 0 heterocycles. The van der Waals surface area contributed by atoms with Crippen LogP contribution in [-0.4, -0.2) is 23.8 Å². The number of ether oxygens (including phenoxy) is 2. The predicted octanol–water partition coefficient (Wildman–Crippen LogP) is 3.23. The highest BCUT2D eigenvalue weighted by Crippen LogP contribution is 2.15. The van der Waals surface area contributed by atoms with Crippen LogP contribution in [0.1, 0.15) is 19.4 Å². The molecule has 128 valence electrons. The van der Waals surface area contributed by atoms with Gasteiger partial charge in [0.15, 0.2) is 6.73 Å². The van der Waals surface area contributed by atoms with Gasteiger partial charge >= 0.3 is 6.09 Å². The molecule has 2 aromatic rings. The third-order valence-electron chi connectivity index (χ3n) is 3.22. The van der Waals surface area contributed by atoms with Gasteiger partial charge in [-0.05, 0) is 55.8 Å². The summed E-state index contributed by atoms with van der Waals surface area (Å²) in [6.07, 6.45) is -0.639. The van der Waals surface area contributed by atoms with Crippen LogP contribution in [0.3, 0.4) is 0 Å². The molecular formula is C18H23N3O3. The summed E-state index contributed by atoms with van der Waals surface area (Å²) in [4.78, 5) is 13.8. The van der Waals surface area contributed by atoms with Crippen LogP contribution in [0.25, 0.3) is 0 Å². The fourth-order valence-electron chi connectivity index (χ4n) is 2.00. The van der Waals surface area contributed by atoms with E-state index in [1.54, 1.807) is 50.2 Å². The molecule has 2 rings (SSSR count). The Labute approximate surface area is 142 Å². The number of carbonyl (C=O) groups excluding carboxylic acids is 1. The number of nitrogens with zero attached hydrogens (tertiary/aromatic N) is 1. The van der Waals surface area contributed by atoms with Crippen LogP contribution < -0.4 is 16.2 Å². The van der Waals surface area contributed by atoms with Crippen molar-refractivity contribution in [1.29, 1.82) is 0 Å². The SMILES string of the molecule is CC(C)OC(=O)N(COc1ccc(N)cc1)Cc1ccc(N)cc1. The van der Waals surface area contributed by atoms with Crippen molar-refractivity contribution < 1.29 is 14.3 Å². The standard InChI is InChI=1S/C18H23N3O3/c1-13(2)24-18(22)21(11-14-3-5-15(19)6-4-14)12-23-17-9-7-16(20)8-10-17/h3-10,13H,11-12,19-20H2,1-2H3. The van der Waals surface area contributed by atoms with Gasteiger partial charge in [0.2, 0.25) is 0 Å². The van der Waals surface area contributed by atoms with Gasteiger partial charge in [0.05, 0.1) is 12.6 Å². The Morgan fingerprint density at radius 1 is 1.00 bits per heavy atom. The molecule has 6 nitrogen and oxygen atoms in total. The van der Waals surface area contributed by atoms with Crippen LogP contribution in [0.5, 0.6) is 5.75 Å². The fourth-order valence-corrected chi connectivity index (χ4v) is 2.00. The summed E-state index contributed by atoms with van der Waals surface area (Å²) in [5.41, 5.74) is 13.6. The van der Waals surface area contributed by atoms with Crippen molar-refractivity contribution in [3.8, 4) is 5.75 Å². The quantitative estimate of drug-likeness (QED) is 0.627. The summed E-state index contributed by atoms with van der Waals surface area (Å²) in [6, 6.07) is 14.3. The van der Waals surface area contributed by atoms with Crippen LogP contribution >= 0.6 is 0 Å². The molecule has 24 heavy (non-hydrogen) atoms. The summed E-state index contributed by atoms with van der Waals surface area (Å²) >= 11 is 0. The van der Waals surface area contributed by atoms with Gasteiger partial charge < -0.3 is 20.9 Å². The van der Waals surface area contributed by atoms with Crippen LogP contribution in [0, 0.1) is 0 Å². The lowest BCUT2D eigenvalue weighted by atomic mass is 10.2. The number of benzene rings is 2. The minimum absolute atomic E-state index is 0.0693. The molecule has 0 saturated carbocycles. The van der Waals surface area contributed by atoms with E-state index in [9.17, 15) is 4.79 Å². The van der Waals surface area contributed by atoms with E-state index in [-0.39, 0.29) is 12.8 Å². The molecule has 0 unspecified atom stereocenters. The van der Waals surface area contributed by atoms with Gasteiger partial charge in [-0.3, -0.25) is 4.90 Å². The van der Waals surface area contributed by atoms with Gasteiger partial charge in [-0.15, -0.1) is 0 Å². The van der Waals surface area contributed by atoms with Gasteiger partial charge in [0.1, 0.15) is 5.75 Å². The Morgan fingerprint density at radius 3 is 2.08 bits per heavy atom. The zero-order valence-corrected chi connectivity index (χ0v) is 13.9. The molecule has 0 radical (unpaired) electrons. The number of hydrogen-bond donors (Lipinski definition) is 2. The first kappa shape index (κ1) is 17.5. The number of nitrogen functional groups attached to an aromatic ring is 2. The first-order valence-electron chi connectivity index (χ1n) is 7.72. The Hall–Kier alpha value is -2.89. The number of amides is 1. The molecule has 0 aromatic heterocycles. The molecule has 0 aliphatic heterocycles. The van der Waals surface area contributed by atoms with Gasteiger partial charge in [-0.25, -0.2) is 4.79 Å². The zero-order valence-electron chi connectivity index (χ0n) is 13.9. The van der Waals surface area contributed by atoms with Crippen molar-refractivity contribution in [2.75, 3.05) is 18.2 Å². The Balaban J connectivity index is 2.05. The lowest BCUT2D eigenvalue weighted by Crippen LogP contribution is -2.35. The Kier molecular flexibility index (Phi) is 5.89. The number of hydrogen-bond acceptors (Lipinski definition) is 5. The van der Waals surface area contributed by atoms with E-state index in [0.29, 0.717) is 23.7 Å². The highest BCUT2D eigenvalue weighted by Gasteiger charge is 2.17. The van der Waals surface area contributed by atoms with Crippen LogP contribution in [0.4, 0.5) is 16.2 Å². The maximum absolute atomic E-state index is 12.3. The van der Waals surface area contributed by atoms with Crippen molar-refractivity contribution in [2.24, 2.45) is 0 Å². The maximum Gasteiger partial charge on any atom is 0.413 e. The van der Waals surface area contributed by atoms with E-state index in [1.165, 1.54) is 4.90 Å². The third kappa shape index (κ3) is 5.39. The molecule has 4 N–H and O–H groups in total. The largest absolute Gasteiger partial charge is 0.473 e. The second-order valence-corrected chi connectivity index (χ2v) is 5.71. The molecule has 0 aliphatic rings. The van der Waals surface area contributed by atoms with Crippen LogP contribution in [-0.2, 0) is 11.3 Å². The third-order valence-corrected chi connectivity index (χ3v) is 3.22. The number of anilines is 2. The second kappa shape index (κ2) is 8.10. The molecule has 0 fully saturated rings. The molecular weight excluding hydrogens is 306 g/mol. The molecule has 0 saturated heterocycles. The van der Waals surface area contributed by atoms with E-state index < -0.39 is 6.09 Å². The lowest BCUT2D eigenvalue weighted by Gasteiger charge is -2.23. The second-order valence-electron chi connectivity index (χ2n) is 5.71. The molecule has 1 amide bonds. The van der Waals surface area contributed by atoms with E-state index >= 15 is 0 Å². The van der Waals surface area contributed by atoms with Gasteiger partial charge in [0.25, 0.3) is 0 Å². The van der Waals surface area contributed by atoms with E-state index in [2.05, 4.69) is 0 Å². The molecule has 0 bridgehead atoms. The fraction of sp³-hybridized carbons (Fsp3) is 0.278. The first-order chi connectivity index (χ1) is 11.4. The summed E-state index contributed by atoms with van der Waals surface area (Å²) in [6.45, 7) is 4.04. The van der Waals surface area contributed by atoms with Crippen molar-refractivity contribution in [2.45, 2.75) is 26.5 Å². The molecule has 0 aliphatic carbocycles. The lowest BCUT2D eigenvalue weighted by molar-refractivity contribution is 0.0479. The van der Waals surface area contributed by atoms with Crippen molar-refractivity contribution in [3.63, 3.8) is 0 Å². The summed E-state index contributed by atoms with van der Waals surface area (Å²) < 4.78 is 10.9. The molecule has 6 heteroatoms. The topological polar surface area (TPSA) is 90.8 Å². The average molecular weight is 329 g/mol. The molecule has 0 spiro atoms. The summed E-state index contributed by atoms with van der Waals surface area (Å²) in [5, 5.41) is 0. The minimum Gasteiger partial charge on any atom is -0.473 e. The smallest absolute Gasteiger partial charge is 0.413 e. The van der Waals surface area contributed by atoms with Gasteiger partial charge in [0, 0.05) is 11.4 Å². The van der Waals surface area contributed by atoms with Gasteiger partial charge in [-0.1, -0.05) is 12.1 Å². The maximum atomic E-state index is 12.3. The van der Waals surface area contributed by atoms with Crippen LogP contribution in [0.15, 0.2) is 48.5 Å². The number of carbonyl (C=O) groups is 1. The predicted molar refractivity (Wildman–Crippen MR) is 94.4 cm³/mol.